The van der Waals surface area contributed by atoms with Gasteiger partial charge in [0.15, 0.2) is 0 Å². The predicted octanol–water partition coefficient (Wildman–Crippen LogP) is 1.23. The summed E-state index contributed by atoms with van der Waals surface area (Å²) in [7, 11) is 0. The highest BCUT2D eigenvalue weighted by molar-refractivity contribution is 5.89. The Bertz CT molecular complexity index is 631. The summed E-state index contributed by atoms with van der Waals surface area (Å²) in [4.78, 5) is 14.3. The minimum atomic E-state index is -0.224. The number of hydrogen-bond acceptors (Lipinski definition) is 3. The lowest BCUT2D eigenvalue weighted by atomic mass is 9.89. The highest BCUT2D eigenvalue weighted by Gasteiger charge is 2.20. The summed E-state index contributed by atoms with van der Waals surface area (Å²) in [6, 6.07) is 20.0. The number of carbonyl (C=O) groups is 1. The molecule has 0 N–H and O–H groups in total. The molecule has 0 saturated carbocycles. The van der Waals surface area contributed by atoms with Crippen LogP contribution in [0, 0.1) is 0 Å². The van der Waals surface area contributed by atoms with Crippen molar-refractivity contribution in [3.63, 3.8) is 0 Å². The van der Waals surface area contributed by atoms with Crippen molar-refractivity contribution in [2.24, 2.45) is 0 Å². The Morgan fingerprint density at radius 1 is 1.00 bits per heavy atom. The van der Waals surface area contributed by atoms with Crippen LogP contribution in [0.3, 0.4) is 0 Å². The van der Waals surface area contributed by atoms with Crippen molar-refractivity contribution in [1.29, 1.82) is 0 Å². The van der Waals surface area contributed by atoms with Crippen LogP contribution in [0.5, 0.6) is 0 Å². The second kappa shape index (κ2) is 10.2. The number of nitrogens with zero attached hydrogens (tertiary/aromatic N) is 1. The molecule has 0 atom stereocenters. The van der Waals surface area contributed by atoms with E-state index in [0.717, 1.165) is 26.1 Å². The molecule has 2 aromatic carbocycles. The van der Waals surface area contributed by atoms with E-state index >= 15 is 0 Å². The zero-order valence-corrected chi connectivity index (χ0v) is 15.2. The maximum absolute atomic E-state index is 11.9. The first-order valence-electron chi connectivity index (χ1n) is 8.82. The van der Waals surface area contributed by atoms with Gasteiger partial charge in [-0.2, -0.15) is 0 Å². The lowest BCUT2D eigenvalue weighted by Crippen LogP contribution is -3.00. The highest BCUT2D eigenvalue weighted by Crippen LogP contribution is 2.27. The summed E-state index contributed by atoms with van der Waals surface area (Å²) >= 11 is 0. The molecular formula is C21H26ClNO2. The number of rotatable bonds is 6. The van der Waals surface area contributed by atoms with Crippen molar-refractivity contribution in [3.8, 4) is 0 Å². The zero-order chi connectivity index (χ0) is 16.6. The molecule has 3 nitrogen and oxygen atoms in total. The van der Waals surface area contributed by atoms with Crippen molar-refractivity contribution in [2.75, 3.05) is 26.2 Å². The van der Waals surface area contributed by atoms with E-state index in [0.29, 0.717) is 18.1 Å². The third-order valence-electron chi connectivity index (χ3n) is 4.72. The van der Waals surface area contributed by atoms with Crippen molar-refractivity contribution >= 4 is 5.97 Å². The Kier molecular flexibility index (Phi) is 7.96. The lowest BCUT2D eigenvalue weighted by molar-refractivity contribution is -0.0000236. The van der Waals surface area contributed by atoms with Gasteiger partial charge in [-0.25, -0.2) is 4.79 Å². The van der Waals surface area contributed by atoms with Gasteiger partial charge in [-0.3, -0.25) is 0 Å². The largest absolute Gasteiger partial charge is 1.00 e. The Hall–Kier alpha value is -1.84. The van der Waals surface area contributed by atoms with Crippen LogP contribution >= 0.6 is 0 Å². The summed E-state index contributed by atoms with van der Waals surface area (Å²) in [5.74, 6) is 0.469. The van der Waals surface area contributed by atoms with E-state index in [1.165, 1.54) is 18.4 Å². The van der Waals surface area contributed by atoms with E-state index in [1.54, 1.807) is 12.1 Å². The smallest absolute Gasteiger partial charge is 1.00 e. The van der Waals surface area contributed by atoms with Crippen LogP contribution in [0.15, 0.2) is 60.7 Å². The Balaban J connectivity index is 0.00000169. The third-order valence-corrected chi connectivity index (χ3v) is 4.72. The Morgan fingerprint density at radius 2 is 1.60 bits per heavy atom. The maximum Gasteiger partial charge on any atom is 1.00 e. The monoisotopic (exact) mass is 359 g/mol. The minimum absolute atomic E-state index is 0. The lowest BCUT2D eigenvalue weighted by Gasteiger charge is -2.32. The number of hydrogen-bond donors (Lipinski definition) is 0. The molecule has 25 heavy (non-hydrogen) atoms. The van der Waals surface area contributed by atoms with Gasteiger partial charge in [0.05, 0.1) is 12.2 Å². The SMILES string of the molecule is O=C(OCCCN1CCC(c2ccccc2)CC1)c1ccccc1.[Cl-].[H+]. The molecule has 1 aliphatic rings. The normalized spacial score (nSPS) is 15.4. The van der Waals surface area contributed by atoms with Gasteiger partial charge in [0.25, 0.3) is 0 Å². The molecule has 1 heterocycles. The Labute approximate surface area is 157 Å². The maximum atomic E-state index is 11.9. The molecule has 1 fully saturated rings. The van der Waals surface area contributed by atoms with Crippen LogP contribution in [0.25, 0.3) is 0 Å². The first-order chi connectivity index (χ1) is 11.8. The second-order valence-corrected chi connectivity index (χ2v) is 6.38. The van der Waals surface area contributed by atoms with Gasteiger partial charge >= 0.3 is 7.40 Å². The van der Waals surface area contributed by atoms with E-state index in [2.05, 4.69) is 35.2 Å². The van der Waals surface area contributed by atoms with Gasteiger partial charge in [-0.1, -0.05) is 48.5 Å². The fourth-order valence-electron chi connectivity index (χ4n) is 3.33. The summed E-state index contributed by atoms with van der Waals surface area (Å²) in [6.45, 7) is 3.76. The van der Waals surface area contributed by atoms with Crippen LogP contribution in [0.1, 0.15) is 42.5 Å². The van der Waals surface area contributed by atoms with Crippen LogP contribution < -0.4 is 12.4 Å². The van der Waals surface area contributed by atoms with E-state index < -0.39 is 0 Å². The van der Waals surface area contributed by atoms with E-state index in [1.807, 2.05) is 18.2 Å². The fraction of sp³-hybridized carbons (Fsp3) is 0.381. The summed E-state index contributed by atoms with van der Waals surface area (Å²) < 4.78 is 5.34. The molecule has 0 aliphatic carbocycles. The van der Waals surface area contributed by atoms with E-state index in [4.69, 9.17) is 4.74 Å². The standard InChI is InChI=1S/C21H25NO2.ClH/c23-21(20-10-5-2-6-11-20)24-17-7-14-22-15-12-19(13-16-22)18-8-3-1-4-9-18;/h1-6,8-11,19H,7,12-17H2;1H. The van der Waals surface area contributed by atoms with E-state index in [-0.39, 0.29) is 19.8 Å². The number of benzene rings is 2. The summed E-state index contributed by atoms with van der Waals surface area (Å²) in [6.07, 6.45) is 3.33. The molecule has 0 amide bonds. The molecule has 0 aromatic heterocycles. The van der Waals surface area contributed by atoms with Crippen molar-refractivity contribution in [1.82, 2.24) is 4.90 Å². The van der Waals surface area contributed by atoms with Gasteiger partial charge in [-0.05, 0) is 56.0 Å². The third kappa shape index (κ3) is 5.87. The average molecular weight is 360 g/mol. The molecule has 2 aromatic rings. The summed E-state index contributed by atoms with van der Waals surface area (Å²) in [5, 5.41) is 0. The molecule has 0 spiro atoms. The Morgan fingerprint density at radius 3 is 2.24 bits per heavy atom. The first kappa shape index (κ1) is 19.5. The quantitative estimate of drug-likeness (QED) is 0.574. The molecule has 0 bridgehead atoms. The summed E-state index contributed by atoms with van der Waals surface area (Å²) in [5.41, 5.74) is 2.09. The predicted molar refractivity (Wildman–Crippen MR) is 97.3 cm³/mol. The van der Waals surface area contributed by atoms with Crippen molar-refractivity contribution in [3.05, 3.63) is 71.8 Å². The van der Waals surface area contributed by atoms with Gasteiger partial charge in [-0.15, -0.1) is 0 Å². The van der Waals surface area contributed by atoms with E-state index in [9.17, 15) is 4.79 Å². The number of carbonyl (C=O) groups excluding carboxylic acids is 1. The number of halogens is 1. The van der Waals surface area contributed by atoms with Crippen LogP contribution in [0.4, 0.5) is 0 Å². The molecule has 0 radical (unpaired) electrons. The number of ether oxygens (including phenoxy) is 1. The molecule has 1 aliphatic heterocycles. The molecule has 134 valence electrons. The first-order valence-corrected chi connectivity index (χ1v) is 8.82. The molecule has 0 unspecified atom stereocenters. The molecule has 1 saturated heterocycles. The highest BCUT2D eigenvalue weighted by atomic mass is 35.5. The van der Waals surface area contributed by atoms with Gasteiger partial charge in [0.2, 0.25) is 0 Å². The average Bonchev–Trinajstić information content (AvgIpc) is 2.67. The molecule has 4 heteroatoms. The number of piperidine rings is 1. The van der Waals surface area contributed by atoms with Gasteiger partial charge in [0.1, 0.15) is 0 Å². The van der Waals surface area contributed by atoms with Crippen LogP contribution in [-0.4, -0.2) is 37.1 Å². The topological polar surface area (TPSA) is 29.5 Å². The molecule has 3 rings (SSSR count). The molecular weight excluding hydrogens is 334 g/mol. The number of esters is 1. The van der Waals surface area contributed by atoms with Crippen LogP contribution in [0.2, 0.25) is 0 Å². The van der Waals surface area contributed by atoms with Crippen molar-refractivity contribution in [2.45, 2.75) is 25.2 Å². The number of likely N-dealkylation sites (tertiary alicyclic amines) is 1. The van der Waals surface area contributed by atoms with Crippen molar-refractivity contribution < 1.29 is 23.4 Å². The van der Waals surface area contributed by atoms with Crippen LogP contribution in [-0.2, 0) is 4.74 Å². The zero-order valence-electron chi connectivity index (χ0n) is 15.4. The second-order valence-electron chi connectivity index (χ2n) is 6.38. The van der Waals surface area contributed by atoms with Gasteiger partial charge < -0.3 is 22.0 Å². The van der Waals surface area contributed by atoms with Gasteiger partial charge in [0, 0.05) is 6.54 Å². The fourth-order valence-corrected chi connectivity index (χ4v) is 3.33. The minimum Gasteiger partial charge on any atom is -1.00 e.